The fraction of sp³-hybridized carbons (Fsp3) is 0.588. The quantitative estimate of drug-likeness (QED) is 0.854. The monoisotopic (exact) mass is 287 g/mol. The lowest BCUT2D eigenvalue weighted by Gasteiger charge is -2.26. The molecule has 2 saturated heterocycles. The number of carbonyl (C=O) groups is 1. The minimum atomic E-state index is 0.0258. The van der Waals surface area contributed by atoms with Crippen LogP contribution in [0.25, 0.3) is 0 Å². The normalized spacial score (nSPS) is 26.8. The number of hydrogen-bond acceptors (Lipinski definition) is 3. The van der Waals surface area contributed by atoms with Crippen LogP contribution in [0.4, 0.5) is 0 Å². The van der Waals surface area contributed by atoms with Gasteiger partial charge in [0.15, 0.2) is 0 Å². The number of carbonyl (C=O) groups excluding carboxylic acids is 1. The lowest BCUT2D eigenvalue weighted by molar-refractivity contribution is -0.124. The number of hydrogen-bond donors (Lipinski definition) is 2. The summed E-state index contributed by atoms with van der Waals surface area (Å²) in [5.41, 5.74) is 1.40. The molecule has 21 heavy (non-hydrogen) atoms. The summed E-state index contributed by atoms with van der Waals surface area (Å²) < 4.78 is 0. The van der Waals surface area contributed by atoms with E-state index in [0.29, 0.717) is 6.04 Å². The Balaban J connectivity index is 1.42. The van der Waals surface area contributed by atoms with Gasteiger partial charge in [0.2, 0.25) is 5.91 Å². The Morgan fingerprint density at radius 3 is 2.90 bits per heavy atom. The molecule has 4 heteroatoms. The van der Waals surface area contributed by atoms with Gasteiger partial charge in [0.25, 0.3) is 0 Å². The number of nitrogens with zero attached hydrogens (tertiary/aromatic N) is 1. The standard InChI is InChI=1S/C17H25N3O/c21-17-16(7-4-10-18-17)19-15-9-12-20(13-15)11-8-14-5-2-1-3-6-14/h1-3,5-6,15-16,19H,4,7-13H2,(H,18,21). The maximum absolute atomic E-state index is 11.8. The molecule has 1 aromatic rings. The second-order valence-electron chi connectivity index (χ2n) is 6.17. The summed E-state index contributed by atoms with van der Waals surface area (Å²) in [6, 6.07) is 11.1. The molecule has 0 bridgehead atoms. The Bertz CT molecular complexity index is 462. The molecule has 114 valence electrons. The van der Waals surface area contributed by atoms with E-state index in [0.717, 1.165) is 51.9 Å². The highest BCUT2D eigenvalue weighted by Gasteiger charge is 2.28. The first kappa shape index (κ1) is 14.5. The Morgan fingerprint density at radius 2 is 2.10 bits per heavy atom. The van der Waals surface area contributed by atoms with E-state index in [1.54, 1.807) is 0 Å². The predicted molar refractivity (Wildman–Crippen MR) is 84.2 cm³/mol. The van der Waals surface area contributed by atoms with Crippen molar-refractivity contribution in [1.82, 2.24) is 15.5 Å². The van der Waals surface area contributed by atoms with Gasteiger partial charge in [0.05, 0.1) is 6.04 Å². The van der Waals surface area contributed by atoms with E-state index < -0.39 is 0 Å². The number of likely N-dealkylation sites (tertiary alicyclic amines) is 1. The summed E-state index contributed by atoms with van der Waals surface area (Å²) >= 11 is 0. The van der Waals surface area contributed by atoms with E-state index in [1.165, 1.54) is 5.56 Å². The molecular weight excluding hydrogens is 262 g/mol. The Hall–Kier alpha value is -1.39. The third kappa shape index (κ3) is 4.05. The van der Waals surface area contributed by atoms with Gasteiger partial charge in [0.1, 0.15) is 0 Å². The Labute approximate surface area is 126 Å². The fourth-order valence-electron chi connectivity index (χ4n) is 3.32. The van der Waals surface area contributed by atoms with E-state index in [2.05, 4.69) is 45.9 Å². The molecule has 2 N–H and O–H groups in total. The number of amides is 1. The maximum atomic E-state index is 11.8. The highest BCUT2D eigenvalue weighted by Crippen LogP contribution is 2.13. The van der Waals surface area contributed by atoms with Crippen molar-refractivity contribution >= 4 is 5.91 Å². The largest absolute Gasteiger partial charge is 0.355 e. The van der Waals surface area contributed by atoms with E-state index in [1.807, 2.05) is 0 Å². The van der Waals surface area contributed by atoms with Crippen molar-refractivity contribution in [2.45, 2.75) is 37.8 Å². The van der Waals surface area contributed by atoms with Crippen LogP contribution >= 0.6 is 0 Å². The van der Waals surface area contributed by atoms with Crippen LogP contribution in [-0.4, -0.2) is 49.1 Å². The molecule has 0 saturated carbocycles. The van der Waals surface area contributed by atoms with Gasteiger partial charge in [0, 0.05) is 25.7 Å². The third-order valence-electron chi connectivity index (χ3n) is 4.55. The first-order valence-electron chi connectivity index (χ1n) is 8.11. The van der Waals surface area contributed by atoms with Crippen LogP contribution in [0.3, 0.4) is 0 Å². The molecule has 0 aliphatic carbocycles. The molecule has 2 unspecified atom stereocenters. The van der Waals surface area contributed by atoms with Gasteiger partial charge < -0.3 is 15.5 Å². The summed E-state index contributed by atoms with van der Waals surface area (Å²) in [5.74, 6) is 0.184. The van der Waals surface area contributed by atoms with Crippen LogP contribution in [0.5, 0.6) is 0 Å². The highest BCUT2D eigenvalue weighted by atomic mass is 16.2. The van der Waals surface area contributed by atoms with E-state index in [-0.39, 0.29) is 11.9 Å². The van der Waals surface area contributed by atoms with Crippen molar-refractivity contribution in [2.75, 3.05) is 26.2 Å². The first-order valence-corrected chi connectivity index (χ1v) is 8.11. The minimum Gasteiger partial charge on any atom is -0.355 e. The van der Waals surface area contributed by atoms with Gasteiger partial charge in [-0.2, -0.15) is 0 Å². The molecule has 2 aliphatic rings. The lowest BCUT2D eigenvalue weighted by Crippen LogP contribution is -2.52. The maximum Gasteiger partial charge on any atom is 0.237 e. The first-order chi connectivity index (χ1) is 10.3. The zero-order chi connectivity index (χ0) is 14.5. The second kappa shape index (κ2) is 7.05. The zero-order valence-electron chi connectivity index (χ0n) is 12.6. The number of benzene rings is 1. The molecule has 2 fully saturated rings. The summed E-state index contributed by atoms with van der Waals surface area (Å²) in [5, 5.41) is 6.49. The van der Waals surface area contributed by atoms with Crippen molar-refractivity contribution in [1.29, 1.82) is 0 Å². The predicted octanol–water partition coefficient (Wildman–Crippen LogP) is 1.17. The van der Waals surface area contributed by atoms with Gasteiger partial charge >= 0.3 is 0 Å². The Morgan fingerprint density at radius 1 is 1.24 bits per heavy atom. The van der Waals surface area contributed by atoms with Crippen molar-refractivity contribution in [3.63, 3.8) is 0 Å². The summed E-state index contributed by atoms with van der Waals surface area (Å²) in [4.78, 5) is 14.3. The van der Waals surface area contributed by atoms with Gasteiger partial charge in [-0.05, 0) is 37.8 Å². The fourth-order valence-corrected chi connectivity index (χ4v) is 3.32. The zero-order valence-corrected chi connectivity index (χ0v) is 12.6. The molecular formula is C17H25N3O. The van der Waals surface area contributed by atoms with Crippen LogP contribution in [0.1, 0.15) is 24.8 Å². The minimum absolute atomic E-state index is 0.0258. The average Bonchev–Trinajstić information content (AvgIpc) is 2.96. The number of rotatable bonds is 5. The third-order valence-corrected chi connectivity index (χ3v) is 4.55. The highest BCUT2D eigenvalue weighted by molar-refractivity contribution is 5.82. The molecule has 4 nitrogen and oxygen atoms in total. The molecule has 2 atom stereocenters. The average molecular weight is 287 g/mol. The number of piperidine rings is 1. The molecule has 1 aromatic carbocycles. The van der Waals surface area contributed by atoms with Crippen LogP contribution in [0, 0.1) is 0 Å². The topological polar surface area (TPSA) is 44.4 Å². The molecule has 2 aliphatic heterocycles. The summed E-state index contributed by atoms with van der Waals surface area (Å²) in [6.07, 6.45) is 4.33. The van der Waals surface area contributed by atoms with Gasteiger partial charge in [-0.3, -0.25) is 4.79 Å². The van der Waals surface area contributed by atoms with Crippen molar-refractivity contribution in [3.8, 4) is 0 Å². The van der Waals surface area contributed by atoms with Gasteiger partial charge in [-0.15, -0.1) is 0 Å². The van der Waals surface area contributed by atoms with Crippen LogP contribution in [0.2, 0.25) is 0 Å². The SMILES string of the molecule is O=C1NCCCC1NC1CCN(CCc2ccccc2)C1. The van der Waals surface area contributed by atoms with E-state index >= 15 is 0 Å². The van der Waals surface area contributed by atoms with E-state index in [4.69, 9.17) is 0 Å². The molecule has 3 rings (SSSR count). The van der Waals surface area contributed by atoms with Gasteiger partial charge in [-0.1, -0.05) is 30.3 Å². The molecule has 0 spiro atoms. The van der Waals surface area contributed by atoms with Crippen molar-refractivity contribution < 1.29 is 4.79 Å². The van der Waals surface area contributed by atoms with Crippen molar-refractivity contribution in [2.24, 2.45) is 0 Å². The smallest absolute Gasteiger partial charge is 0.237 e. The molecule has 2 heterocycles. The Kier molecular flexibility index (Phi) is 4.88. The lowest BCUT2D eigenvalue weighted by atomic mass is 10.1. The van der Waals surface area contributed by atoms with Crippen molar-refractivity contribution in [3.05, 3.63) is 35.9 Å². The summed E-state index contributed by atoms with van der Waals surface area (Å²) in [7, 11) is 0. The molecule has 0 aromatic heterocycles. The van der Waals surface area contributed by atoms with Crippen LogP contribution in [-0.2, 0) is 11.2 Å². The van der Waals surface area contributed by atoms with Gasteiger partial charge in [-0.25, -0.2) is 0 Å². The summed E-state index contributed by atoms with van der Waals surface area (Å²) in [6.45, 7) is 4.15. The molecule has 0 radical (unpaired) electrons. The van der Waals surface area contributed by atoms with Crippen LogP contribution < -0.4 is 10.6 Å². The molecule has 1 amide bonds. The van der Waals surface area contributed by atoms with E-state index in [9.17, 15) is 4.79 Å². The van der Waals surface area contributed by atoms with Crippen LogP contribution in [0.15, 0.2) is 30.3 Å². The number of nitrogens with one attached hydrogen (secondary N) is 2. The second-order valence-corrected chi connectivity index (χ2v) is 6.17.